The third kappa shape index (κ3) is 5.23. The molecule has 0 aromatic heterocycles. The number of unbranched alkanes of at least 4 members (excludes halogenated alkanes) is 5. The first-order chi connectivity index (χ1) is 8.77. The summed E-state index contributed by atoms with van der Waals surface area (Å²) in [5.74, 6) is 0. The zero-order valence-corrected chi connectivity index (χ0v) is 11.7. The molecular formula is C16H24N2. The van der Waals surface area contributed by atoms with Crippen molar-refractivity contribution in [1.82, 2.24) is 0 Å². The fourth-order valence-corrected chi connectivity index (χ4v) is 2.05. The van der Waals surface area contributed by atoms with Gasteiger partial charge in [0.25, 0.3) is 0 Å². The zero-order chi connectivity index (χ0) is 13.2. The van der Waals surface area contributed by atoms with E-state index in [4.69, 9.17) is 5.26 Å². The summed E-state index contributed by atoms with van der Waals surface area (Å²) in [6.45, 7) is 3.34. The minimum atomic E-state index is 0.728. The Labute approximate surface area is 111 Å². The number of rotatable bonds is 8. The van der Waals surface area contributed by atoms with Crippen LogP contribution < -0.4 is 4.90 Å². The molecule has 0 saturated carbocycles. The van der Waals surface area contributed by atoms with E-state index in [0.29, 0.717) is 0 Å². The Morgan fingerprint density at radius 2 is 1.61 bits per heavy atom. The number of benzene rings is 1. The van der Waals surface area contributed by atoms with E-state index in [1.807, 2.05) is 24.3 Å². The van der Waals surface area contributed by atoms with Crippen molar-refractivity contribution in [2.45, 2.75) is 45.4 Å². The summed E-state index contributed by atoms with van der Waals surface area (Å²) in [6.07, 6.45) is 7.98. The first-order valence-electron chi connectivity index (χ1n) is 6.99. The number of nitrogens with zero attached hydrogens (tertiary/aromatic N) is 2. The molecule has 0 spiro atoms. The van der Waals surface area contributed by atoms with E-state index in [-0.39, 0.29) is 0 Å². The Morgan fingerprint density at radius 1 is 1.00 bits per heavy atom. The first-order valence-corrected chi connectivity index (χ1v) is 6.99. The molecule has 0 amide bonds. The lowest BCUT2D eigenvalue weighted by Crippen LogP contribution is -2.18. The Bertz CT molecular complexity index is 362. The van der Waals surface area contributed by atoms with Crippen LogP contribution in [0, 0.1) is 11.3 Å². The van der Waals surface area contributed by atoms with Gasteiger partial charge in [-0.05, 0) is 30.7 Å². The largest absolute Gasteiger partial charge is 0.375 e. The van der Waals surface area contributed by atoms with Crippen LogP contribution >= 0.6 is 0 Å². The molecule has 98 valence electrons. The number of hydrogen-bond acceptors (Lipinski definition) is 2. The lowest BCUT2D eigenvalue weighted by molar-refractivity contribution is 0.606. The Hall–Kier alpha value is -1.49. The van der Waals surface area contributed by atoms with Crippen molar-refractivity contribution in [1.29, 1.82) is 5.26 Å². The number of hydrogen-bond donors (Lipinski definition) is 0. The fourth-order valence-electron chi connectivity index (χ4n) is 2.05. The number of anilines is 1. The maximum atomic E-state index is 8.75. The third-order valence-corrected chi connectivity index (χ3v) is 3.28. The molecule has 2 nitrogen and oxygen atoms in total. The molecule has 18 heavy (non-hydrogen) atoms. The van der Waals surface area contributed by atoms with E-state index >= 15 is 0 Å². The lowest BCUT2D eigenvalue weighted by Gasteiger charge is -2.19. The first kappa shape index (κ1) is 14.6. The summed E-state index contributed by atoms with van der Waals surface area (Å²) in [7, 11) is 2.12. The van der Waals surface area contributed by atoms with Crippen molar-refractivity contribution in [2.75, 3.05) is 18.5 Å². The van der Waals surface area contributed by atoms with E-state index in [2.05, 4.69) is 24.9 Å². The summed E-state index contributed by atoms with van der Waals surface area (Å²) in [5.41, 5.74) is 1.93. The molecule has 0 aliphatic heterocycles. The van der Waals surface area contributed by atoms with Crippen molar-refractivity contribution >= 4 is 5.69 Å². The van der Waals surface area contributed by atoms with Crippen LogP contribution in [0.25, 0.3) is 0 Å². The molecule has 0 radical (unpaired) electrons. The van der Waals surface area contributed by atoms with Gasteiger partial charge in [0.15, 0.2) is 0 Å². The zero-order valence-electron chi connectivity index (χ0n) is 11.7. The van der Waals surface area contributed by atoms with Crippen LogP contribution in [0.15, 0.2) is 24.3 Å². The predicted molar refractivity (Wildman–Crippen MR) is 77.8 cm³/mol. The maximum Gasteiger partial charge on any atom is 0.0991 e. The molecule has 1 aromatic rings. The monoisotopic (exact) mass is 244 g/mol. The Balaban J connectivity index is 2.23. The van der Waals surface area contributed by atoms with Gasteiger partial charge in [-0.25, -0.2) is 0 Å². The van der Waals surface area contributed by atoms with Crippen molar-refractivity contribution in [3.05, 3.63) is 29.8 Å². The Morgan fingerprint density at radius 3 is 2.22 bits per heavy atom. The smallest absolute Gasteiger partial charge is 0.0991 e. The molecule has 0 unspecified atom stereocenters. The van der Waals surface area contributed by atoms with Crippen LogP contribution in [-0.2, 0) is 0 Å². The van der Waals surface area contributed by atoms with E-state index in [9.17, 15) is 0 Å². The van der Waals surface area contributed by atoms with Crippen LogP contribution in [0.3, 0.4) is 0 Å². The molecule has 0 saturated heterocycles. The van der Waals surface area contributed by atoms with E-state index in [1.54, 1.807) is 0 Å². The fraction of sp³-hybridized carbons (Fsp3) is 0.562. The summed E-state index contributed by atoms with van der Waals surface area (Å²) < 4.78 is 0. The maximum absolute atomic E-state index is 8.75. The SMILES string of the molecule is CCCCCCCCN(C)c1ccc(C#N)cc1. The summed E-state index contributed by atoms with van der Waals surface area (Å²) in [4.78, 5) is 2.26. The standard InChI is InChI=1S/C16H24N2/c1-3-4-5-6-7-8-13-18(2)16-11-9-15(14-17)10-12-16/h9-12H,3-8,13H2,1-2H3. The molecule has 1 aromatic carbocycles. The van der Waals surface area contributed by atoms with Gasteiger partial charge >= 0.3 is 0 Å². The molecule has 0 heterocycles. The number of nitriles is 1. The molecule has 0 aliphatic rings. The summed E-state index contributed by atoms with van der Waals surface area (Å²) in [5, 5.41) is 8.75. The Kier molecular flexibility index (Phi) is 6.94. The quantitative estimate of drug-likeness (QED) is 0.635. The van der Waals surface area contributed by atoms with Gasteiger partial charge < -0.3 is 4.90 Å². The minimum absolute atomic E-state index is 0.728. The van der Waals surface area contributed by atoms with Gasteiger partial charge in [-0.2, -0.15) is 5.26 Å². The second-order valence-corrected chi connectivity index (χ2v) is 4.85. The summed E-state index contributed by atoms with van der Waals surface area (Å²) >= 11 is 0. The highest BCUT2D eigenvalue weighted by molar-refractivity contribution is 5.48. The topological polar surface area (TPSA) is 27.0 Å². The molecule has 0 aliphatic carbocycles. The van der Waals surface area contributed by atoms with E-state index in [1.165, 1.54) is 44.2 Å². The second-order valence-electron chi connectivity index (χ2n) is 4.85. The minimum Gasteiger partial charge on any atom is -0.375 e. The highest BCUT2D eigenvalue weighted by Gasteiger charge is 2.00. The van der Waals surface area contributed by atoms with Gasteiger partial charge in [0, 0.05) is 19.3 Å². The highest BCUT2D eigenvalue weighted by Crippen LogP contribution is 2.14. The average Bonchev–Trinajstić information content (AvgIpc) is 2.42. The van der Waals surface area contributed by atoms with Crippen LogP contribution in [0.5, 0.6) is 0 Å². The van der Waals surface area contributed by atoms with E-state index < -0.39 is 0 Å². The van der Waals surface area contributed by atoms with Gasteiger partial charge in [-0.1, -0.05) is 39.0 Å². The average molecular weight is 244 g/mol. The van der Waals surface area contributed by atoms with Gasteiger partial charge in [0.05, 0.1) is 11.6 Å². The van der Waals surface area contributed by atoms with Gasteiger partial charge in [0.2, 0.25) is 0 Å². The van der Waals surface area contributed by atoms with Crippen molar-refractivity contribution in [3.63, 3.8) is 0 Å². The van der Waals surface area contributed by atoms with Gasteiger partial charge in [-0.3, -0.25) is 0 Å². The molecule has 0 atom stereocenters. The van der Waals surface area contributed by atoms with Crippen molar-refractivity contribution in [3.8, 4) is 6.07 Å². The molecule has 0 N–H and O–H groups in total. The van der Waals surface area contributed by atoms with Gasteiger partial charge in [0.1, 0.15) is 0 Å². The summed E-state index contributed by atoms with van der Waals surface area (Å²) in [6, 6.07) is 9.96. The van der Waals surface area contributed by atoms with Gasteiger partial charge in [-0.15, -0.1) is 0 Å². The normalized spacial score (nSPS) is 10.1. The predicted octanol–water partition coefficient (Wildman–Crippen LogP) is 4.35. The second kappa shape index (κ2) is 8.58. The third-order valence-electron chi connectivity index (χ3n) is 3.28. The molecule has 2 heteroatoms. The molecular weight excluding hydrogens is 220 g/mol. The van der Waals surface area contributed by atoms with Crippen LogP contribution in [-0.4, -0.2) is 13.6 Å². The van der Waals surface area contributed by atoms with Crippen molar-refractivity contribution < 1.29 is 0 Å². The van der Waals surface area contributed by atoms with E-state index in [0.717, 1.165) is 12.1 Å². The van der Waals surface area contributed by atoms with Crippen LogP contribution in [0.1, 0.15) is 51.0 Å². The molecule has 0 fully saturated rings. The molecule has 0 bridgehead atoms. The lowest BCUT2D eigenvalue weighted by atomic mass is 10.1. The van der Waals surface area contributed by atoms with Crippen molar-refractivity contribution in [2.24, 2.45) is 0 Å². The van der Waals surface area contributed by atoms with Crippen LogP contribution in [0.2, 0.25) is 0 Å². The van der Waals surface area contributed by atoms with Crippen LogP contribution in [0.4, 0.5) is 5.69 Å². The molecule has 1 rings (SSSR count). The highest BCUT2D eigenvalue weighted by atomic mass is 15.1.